The molecule has 0 aromatic heterocycles. The summed E-state index contributed by atoms with van der Waals surface area (Å²) in [7, 11) is 0. The van der Waals surface area contributed by atoms with Crippen LogP contribution in [0.4, 0.5) is 11.4 Å². The molecule has 0 atom stereocenters. The zero-order valence-electron chi connectivity index (χ0n) is 13.0. The first-order valence-electron chi connectivity index (χ1n) is 7.63. The lowest BCUT2D eigenvalue weighted by Gasteiger charge is -2.35. The molecule has 0 spiro atoms. The van der Waals surface area contributed by atoms with Gasteiger partial charge in [-0.1, -0.05) is 24.3 Å². The van der Waals surface area contributed by atoms with Gasteiger partial charge < -0.3 is 14.9 Å². The zero-order valence-corrected chi connectivity index (χ0v) is 13.0. The molecule has 7 heteroatoms. The minimum absolute atomic E-state index is 0.0383. The highest BCUT2D eigenvalue weighted by Gasteiger charge is 2.26. The highest BCUT2D eigenvalue weighted by molar-refractivity contribution is 5.97. The summed E-state index contributed by atoms with van der Waals surface area (Å²) in [4.78, 5) is 26.8. The van der Waals surface area contributed by atoms with E-state index >= 15 is 0 Å². The molecular formula is C17H17N3O4. The van der Waals surface area contributed by atoms with Crippen molar-refractivity contribution in [1.29, 1.82) is 0 Å². The molecule has 1 aliphatic heterocycles. The van der Waals surface area contributed by atoms with Gasteiger partial charge in [0.1, 0.15) is 11.4 Å². The van der Waals surface area contributed by atoms with E-state index < -0.39 is 4.92 Å². The fourth-order valence-corrected chi connectivity index (χ4v) is 2.86. The predicted octanol–water partition coefficient (Wildman–Crippen LogP) is 2.26. The Hall–Kier alpha value is -3.09. The Morgan fingerprint density at radius 1 is 1.00 bits per heavy atom. The fourth-order valence-electron chi connectivity index (χ4n) is 2.86. The Balaban J connectivity index is 1.72. The van der Waals surface area contributed by atoms with E-state index in [1.54, 1.807) is 41.3 Å². The average molecular weight is 327 g/mol. The lowest BCUT2D eigenvalue weighted by molar-refractivity contribution is -0.384. The van der Waals surface area contributed by atoms with Gasteiger partial charge in [0.05, 0.1) is 10.5 Å². The molecule has 2 aromatic rings. The van der Waals surface area contributed by atoms with E-state index in [0.29, 0.717) is 31.9 Å². The molecule has 0 bridgehead atoms. The lowest BCUT2D eigenvalue weighted by Crippen LogP contribution is -2.49. The van der Waals surface area contributed by atoms with Crippen molar-refractivity contribution in [2.24, 2.45) is 0 Å². The topological polar surface area (TPSA) is 86.9 Å². The number of phenols is 1. The van der Waals surface area contributed by atoms with E-state index in [4.69, 9.17) is 0 Å². The molecule has 24 heavy (non-hydrogen) atoms. The Morgan fingerprint density at radius 3 is 2.29 bits per heavy atom. The first-order valence-corrected chi connectivity index (χ1v) is 7.63. The number of para-hydroxylation sites is 3. The van der Waals surface area contributed by atoms with Gasteiger partial charge in [-0.05, 0) is 18.2 Å². The molecule has 7 nitrogen and oxygen atoms in total. The van der Waals surface area contributed by atoms with Crippen LogP contribution in [0, 0.1) is 10.1 Å². The summed E-state index contributed by atoms with van der Waals surface area (Å²) in [6.45, 7) is 1.90. The molecule has 1 fully saturated rings. The number of aromatic hydroxyl groups is 1. The molecule has 0 radical (unpaired) electrons. The van der Waals surface area contributed by atoms with Crippen molar-refractivity contribution < 1.29 is 14.8 Å². The smallest absolute Gasteiger partial charge is 0.292 e. The summed E-state index contributed by atoms with van der Waals surface area (Å²) in [5.41, 5.74) is 0.909. The SMILES string of the molecule is O=C(c1ccccc1O)N1CCN(c2ccccc2[N+](=O)[O-])CC1. The molecule has 1 heterocycles. The molecule has 0 aliphatic carbocycles. The van der Waals surface area contributed by atoms with Crippen LogP contribution >= 0.6 is 0 Å². The molecule has 2 aromatic carbocycles. The van der Waals surface area contributed by atoms with E-state index in [9.17, 15) is 20.0 Å². The summed E-state index contributed by atoms with van der Waals surface area (Å²) in [6, 6.07) is 13.0. The van der Waals surface area contributed by atoms with Gasteiger partial charge in [0.25, 0.3) is 11.6 Å². The van der Waals surface area contributed by atoms with E-state index in [1.165, 1.54) is 12.1 Å². The van der Waals surface area contributed by atoms with Gasteiger partial charge in [0.15, 0.2) is 0 Å². The summed E-state index contributed by atoms with van der Waals surface area (Å²) in [6.07, 6.45) is 0. The Kier molecular flexibility index (Phi) is 4.33. The third-order valence-electron chi connectivity index (χ3n) is 4.12. The van der Waals surface area contributed by atoms with E-state index in [2.05, 4.69) is 0 Å². The van der Waals surface area contributed by atoms with Gasteiger partial charge in [-0.25, -0.2) is 0 Å². The first-order chi connectivity index (χ1) is 11.6. The Morgan fingerprint density at radius 2 is 1.62 bits per heavy atom. The minimum atomic E-state index is -0.394. The molecule has 1 N–H and O–H groups in total. The number of carbonyl (C=O) groups excluding carboxylic acids is 1. The van der Waals surface area contributed by atoms with Gasteiger partial charge >= 0.3 is 0 Å². The van der Waals surface area contributed by atoms with Gasteiger partial charge in [-0.2, -0.15) is 0 Å². The van der Waals surface area contributed by atoms with Crippen LogP contribution in [0.15, 0.2) is 48.5 Å². The van der Waals surface area contributed by atoms with Crippen molar-refractivity contribution in [3.8, 4) is 5.75 Å². The number of phenolic OH excluding ortho intramolecular Hbond substituents is 1. The lowest BCUT2D eigenvalue weighted by atomic mass is 10.1. The number of rotatable bonds is 3. The predicted molar refractivity (Wildman–Crippen MR) is 89.3 cm³/mol. The van der Waals surface area contributed by atoms with Crippen LogP contribution in [-0.4, -0.2) is 47.0 Å². The van der Waals surface area contributed by atoms with Crippen LogP contribution in [-0.2, 0) is 0 Å². The number of anilines is 1. The molecule has 0 unspecified atom stereocenters. The minimum Gasteiger partial charge on any atom is -0.507 e. The quantitative estimate of drug-likeness (QED) is 0.690. The number of nitro benzene ring substituents is 1. The number of hydrogen-bond donors (Lipinski definition) is 1. The maximum Gasteiger partial charge on any atom is 0.292 e. The third kappa shape index (κ3) is 3.01. The number of hydrogen-bond acceptors (Lipinski definition) is 5. The normalized spacial score (nSPS) is 14.5. The van der Waals surface area contributed by atoms with E-state index in [1.807, 2.05) is 4.90 Å². The first kappa shape index (κ1) is 15.8. The summed E-state index contributed by atoms with van der Waals surface area (Å²) in [5, 5.41) is 21.0. The van der Waals surface area contributed by atoms with Crippen LogP contribution in [0.25, 0.3) is 0 Å². The second kappa shape index (κ2) is 6.57. The Labute approximate surface area is 138 Å². The molecule has 0 saturated carbocycles. The summed E-state index contributed by atoms with van der Waals surface area (Å²) in [5.74, 6) is -0.265. The van der Waals surface area contributed by atoms with Crippen molar-refractivity contribution >= 4 is 17.3 Å². The van der Waals surface area contributed by atoms with Crippen LogP contribution in [0.3, 0.4) is 0 Å². The van der Waals surface area contributed by atoms with Crippen molar-refractivity contribution in [1.82, 2.24) is 4.90 Å². The molecular weight excluding hydrogens is 310 g/mol. The standard InChI is InChI=1S/C17H17N3O4/c21-16-8-4-1-5-13(16)17(22)19-11-9-18(10-12-19)14-6-2-3-7-15(14)20(23)24/h1-8,21H,9-12H2. The summed E-state index contributed by atoms with van der Waals surface area (Å²) >= 11 is 0. The maximum absolute atomic E-state index is 12.5. The number of carbonyl (C=O) groups is 1. The van der Waals surface area contributed by atoms with Gasteiger partial charge in [-0.3, -0.25) is 14.9 Å². The van der Waals surface area contributed by atoms with Crippen LogP contribution < -0.4 is 4.90 Å². The highest BCUT2D eigenvalue weighted by Crippen LogP contribution is 2.28. The second-order valence-corrected chi connectivity index (χ2v) is 5.54. The highest BCUT2D eigenvalue weighted by atomic mass is 16.6. The van der Waals surface area contributed by atoms with Crippen molar-refractivity contribution in [2.75, 3.05) is 31.1 Å². The number of nitrogens with zero attached hydrogens (tertiary/aromatic N) is 3. The monoisotopic (exact) mass is 327 g/mol. The van der Waals surface area contributed by atoms with Crippen LogP contribution in [0.5, 0.6) is 5.75 Å². The zero-order chi connectivity index (χ0) is 17.1. The third-order valence-corrected chi connectivity index (χ3v) is 4.12. The number of nitro groups is 1. The maximum atomic E-state index is 12.5. The average Bonchev–Trinajstić information content (AvgIpc) is 2.62. The van der Waals surface area contributed by atoms with Crippen molar-refractivity contribution in [3.63, 3.8) is 0 Å². The van der Waals surface area contributed by atoms with Crippen LogP contribution in [0.1, 0.15) is 10.4 Å². The van der Waals surface area contributed by atoms with Crippen molar-refractivity contribution in [2.45, 2.75) is 0 Å². The Bertz CT molecular complexity index is 770. The molecule has 1 aliphatic rings. The number of benzene rings is 2. The largest absolute Gasteiger partial charge is 0.507 e. The van der Waals surface area contributed by atoms with Gasteiger partial charge in [0.2, 0.25) is 0 Å². The summed E-state index contributed by atoms with van der Waals surface area (Å²) < 4.78 is 0. The number of piperazine rings is 1. The fraction of sp³-hybridized carbons (Fsp3) is 0.235. The van der Waals surface area contributed by atoms with Gasteiger partial charge in [-0.15, -0.1) is 0 Å². The second-order valence-electron chi connectivity index (χ2n) is 5.54. The van der Waals surface area contributed by atoms with E-state index in [-0.39, 0.29) is 22.9 Å². The molecule has 1 amide bonds. The molecule has 1 saturated heterocycles. The van der Waals surface area contributed by atoms with Gasteiger partial charge in [0, 0.05) is 32.2 Å². The number of amides is 1. The van der Waals surface area contributed by atoms with Crippen molar-refractivity contribution in [3.05, 3.63) is 64.2 Å². The molecule has 3 rings (SSSR count). The van der Waals surface area contributed by atoms with E-state index in [0.717, 1.165) is 0 Å². The van der Waals surface area contributed by atoms with Crippen LogP contribution in [0.2, 0.25) is 0 Å². The molecule has 124 valence electrons.